The second-order valence-electron chi connectivity index (χ2n) is 3.21. The summed E-state index contributed by atoms with van der Waals surface area (Å²) in [7, 11) is 1.08. The third-order valence-electron chi connectivity index (χ3n) is 1.55. The zero-order chi connectivity index (χ0) is 12.4. The first-order chi connectivity index (χ1) is 7.61. The fourth-order valence-electron chi connectivity index (χ4n) is 1.07. The number of benzene rings is 1. The molecule has 6 heteroatoms. The first kappa shape index (κ1) is 27.2. The SMILES string of the molecule is CC([NH-])=O.C[Si]C.[Cl-].[Cl-].[Ti+4].c1ccc2[cH-]ccc2c1. The van der Waals surface area contributed by atoms with Gasteiger partial charge in [-0.05, 0) is 6.92 Å². The number of carbonyl (C=O) groups is 1. The van der Waals surface area contributed by atoms with Gasteiger partial charge < -0.3 is 35.3 Å². The van der Waals surface area contributed by atoms with Crippen molar-refractivity contribution in [2.75, 3.05) is 0 Å². The molecular weight excluding hydrogens is 333 g/mol. The fourth-order valence-corrected chi connectivity index (χ4v) is 1.07. The van der Waals surface area contributed by atoms with Gasteiger partial charge in [-0.25, -0.2) is 0 Å². The number of halogens is 2. The van der Waals surface area contributed by atoms with Crippen LogP contribution >= 0.6 is 0 Å². The van der Waals surface area contributed by atoms with Gasteiger partial charge in [-0.2, -0.15) is 17.5 Å². The van der Waals surface area contributed by atoms with Crippen LogP contribution in [0, 0.1) is 0 Å². The van der Waals surface area contributed by atoms with Gasteiger partial charge in [0.05, 0.1) is 0 Å². The molecule has 2 radical (unpaired) electrons. The summed E-state index contributed by atoms with van der Waals surface area (Å²) in [4.78, 5) is 9.11. The number of hydrogen-bond donors (Lipinski definition) is 0. The minimum absolute atomic E-state index is 0. The molecule has 0 saturated heterocycles. The summed E-state index contributed by atoms with van der Waals surface area (Å²) in [5, 5.41) is 2.66. The second kappa shape index (κ2) is 17.8. The van der Waals surface area contributed by atoms with Crippen LogP contribution in [0.3, 0.4) is 0 Å². The normalized spacial score (nSPS) is 7.11. The molecule has 0 aromatic heterocycles. The summed E-state index contributed by atoms with van der Waals surface area (Å²) in [6.45, 7) is 5.50. The van der Waals surface area contributed by atoms with Gasteiger partial charge in [-0.1, -0.05) is 19.2 Å². The molecule has 2 nitrogen and oxygen atoms in total. The van der Waals surface area contributed by atoms with E-state index < -0.39 is 5.91 Å². The Bertz CT molecular complexity index is 389. The van der Waals surface area contributed by atoms with Crippen LogP contribution in [0.2, 0.25) is 13.1 Å². The molecule has 2 rings (SSSR count). The van der Waals surface area contributed by atoms with Crippen molar-refractivity contribution in [2.45, 2.75) is 20.0 Å². The van der Waals surface area contributed by atoms with Crippen molar-refractivity contribution in [1.82, 2.24) is 0 Å². The van der Waals surface area contributed by atoms with Gasteiger partial charge in [0.15, 0.2) is 0 Å². The minimum atomic E-state index is -0.583. The van der Waals surface area contributed by atoms with Crippen molar-refractivity contribution in [2.24, 2.45) is 0 Å². The van der Waals surface area contributed by atoms with E-state index in [4.69, 9.17) is 10.5 Å². The summed E-state index contributed by atoms with van der Waals surface area (Å²) in [6, 6.07) is 14.7. The molecule has 0 bridgehead atoms. The van der Waals surface area contributed by atoms with E-state index in [1.54, 1.807) is 0 Å². The maximum Gasteiger partial charge on any atom is 4.00 e. The Morgan fingerprint density at radius 2 is 1.58 bits per heavy atom. The summed E-state index contributed by atoms with van der Waals surface area (Å²) in [5.41, 5.74) is 5.94. The number of nitrogens with one attached hydrogen (secondary N) is 1. The van der Waals surface area contributed by atoms with Crippen LogP contribution in [0.25, 0.3) is 16.5 Å². The van der Waals surface area contributed by atoms with E-state index in [0.717, 1.165) is 9.52 Å². The Morgan fingerprint density at radius 3 is 2.00 bits per heavy atom. The molecule has 0 aliphatic carbocycles. The molecule has 0 aliphatic heterocycles. The van der Waals surface area contributed by atoms with Gasteiger partial charge in [0.2, 0.25) is 0 Å². The van der Waals surface area contributed by atoms with Crippen molar-refractivity contribution in [1.29, 1.82) is 0 Å². The van der Waals surface area contributed by atoms with Crippen LogP contribution in [0.15, 0.2) is 42.5 Å². The van der Waals surface area contributed by atoms with Gasteiger partial charge in [0.1, 0.15) is 0 Å². The Balaban J connectivity index is -0.0000000994. The number of carbonyl (C=O) groups excluding carboxylic acids is 1. The quantitative estimate of drug-likeness (QED) is 0.398. The zero-order valence-electron chi connectivity index (χ0n) is 11.2. The van der Waals surface area contributed by atoms with Gasteiger partial charge in [-0.15, -0.1) is 29.7 Å². The first-order valence-electron chi connectivity index (χ1n) is 5.03. The Labute approximate surface area is 145 Å². The van der Waals surface area contributed by atoms with Crippen molar-refractivity contribution in [3.05, 3.63) is 48.2 Å². The van der Waals surface area contributed by atoms with Crippen LogP contribution in [-0.2, 0) is 26.5 Å². The summed E-state index contributed by atoms with van der Waals surface area (Å²) >= 11 is 0. The Hall–Kier alpha value is -0.189. The van der Waals surface area contributed by atoms with Crippen molar-refractivity contribution in [3.63, 3.8) is 0 Å². The third-order valence-corrected chi connectivity index (χ3v) is 1.55. The number of fused-ring (bicyclic) bond motifs is 1. The van der Waals surface area contributed by atoms with Gasteiger partial charge in [0.25, 0.3) is 0 Å². The second-order valence-corrected chi connectivity index (χ2v) is 4.21. The molecule has 0 unspecified atom stereocenters. The number of hydrogen-bond acceptors (Lipinski definition) is 1. The molecule has 0 spiro atoms. The predicted octanol–water partition coefficient (Wildman–Crippen LogP) is -2.06. The van der Waals surface area contributed by atoms with E-state index in [1.165, 1.54) is 17.7 Å². The zero-order valence-corrected chi connectivity index (χ0v) is 15.3. The van der Waals surface area contributed by atoms with Crippen LogP contribution in [-0.4, -0.2) is 15.4 Å². The van der Waals surface area contributed by atoms with Gasteiger partial charge >= 0.3 is 21.7 Å². The number of rotatable bonds is 0. The molecule has 0 atom stereocenters. The van der Waals surface area contributed by atoms with Crippen molar-refractivity contribution in [3.8, 4) is 0 Å². The minimum Gasteiger partial charge on any atom is -1.00 e. The molecule has 0 fully saturated rings. The van der Waals surface area contributed by atoms with Crippen LogP contribution < -0.4 is 24.8 Å². The molecule has 2 aromatic rings. The fraction of sp³-hybridized carbons (Fsp3) is 0.231. The Kier molecular flexibility index (Phi) is 25.5. The largest absolute Gasteiger partial charge is 4.00 e. The van der Waals surface area contributed by atoms with E-state index in [0.29, 0.717) is 0 Å². The average molecular weight is 350 g/mol. The molecule has 1 N–H and O–H groups in total. The van der Waals surface area contributed by atoms with Crippen molar-refractivity contribution < 1.29 is 51.3 Å². The Morgan fingerprint density at radius 1 is 1.16 bits per heavy atom. The third kappa shape index (κ3) is 15.8. The van der Waals surface area contributed by atoms with E-state index in [1.807, 2.05) is 0 Å². The monoisotopic (exact) mass is 349 g/mol. The van der Waals surface area contributed by atoms with Gasteiger partial charge in [-0.3, -0.25) is 0 Å². The molecule has 0 aliphatic rings. The maximum absolute atomic E-state index is 9.11. The molecule has 0 saturated carbocycles. The molecule has 19 heavy (non-hydrogen) atoms. The van der Waals surface area contributed by atoms with Crippen LogP contribution in [0.4, 0.5) is 0 Å². The summed E-state index contributed by atoms with van der Waals surface area (Å²) < 4.78 is 0. The smallest absolute Gasteiger partial charge is 1.00 e. The molecular formula is C13H17Cl2NOSiTi. The van der Waals surface area contributed by atoms with Crippen molar-refractivity contribution >= 4 is 26.2 Å². The van der Waals surface area contributed by atoms with Gasteiger partial charge in [0, 0.05) is 15.4 Å². The topological polar surface area (TPSA) is 40.9 Å². The summed E-state index contributed by atoms with van der Waals surface area (Å²) in [5.74, 6) is -0.583. The van der Waals surface area contributed by atoms with E-state index in [2.05, 4.69) is 55.6 Å². The predicted molar refractivity (Wildman–Crippen MR) is 72.0 cm³/mol. The van der Waals surface area contributed by atoms with E-state index in [-0.39, 0.29) is 46.5 Å². The number of amides is 1. The average Bonchev–Trinajstić information content (AvgIpc) is 2.65. The van der Waals surface area contributed by atoms with E-state index in [9.17, 15) is 0 Å². The molecule has 2 aromatic carbocycles. The summed E-state index contributed by atoms with van der Waals surface area (Å²) in [6.07, 6.45) is 0. The first-order valence-corrected chi connectivity index (χ1v) is 7.03. The maximum atomic E-state index is 9.11. The molecule has 0 heterocycles. The van der Waals surface area contributed by atoms with E-state index >= 15 is 0 Å². The van der Waals surface area contributed by atoms with Crippen LogP contribution in [0.1, 0.15) is 6.92 Å². The molecule has 102 valence electrons. The van der Waals surface area contributed by atoms with Crippen LogP contribution in [0.5, 0.6) is 0 Å². The molecule has 1 amide bonds. The standard InChI is InChI=1S/C9H7.C2H5NO.C2H6Si.2ClH.Ti/c1-2-5-9-7-3-6-8(9)4-1;1-2(3)4;1-3-2;;;/h1-7H;1H3,(H2,3,4);1-2H3;2*1H;/q-1;;;;;+4/p-3.